The lowest BCUT2D eigenvalue weighted by Gasteiger charge is -2.39. The number of amides is 3. The quantitative estimate of drug-likeness (QED) is 0.713. The van der Waals surface area contributed by atoms with Crippen molar-refractivity contribution in [2.45, 2.75) is 52.1 Å². The first-order valence-corrected chi connectivity index (χ1v) is 11.7. The average molecular weight is 436 g/mol. The Bertz CT molecular complexity index is 949. The van der Waals surface area contributed by atoms with Gasteiger partial charge in [-0.15, -0.1) is 0 Å². The molecule has 2 aliphatic rings. The minimum absolute atomic E-state index is 0.000694. The fourth-order valence-corrected chi connectivity index (χ4v) is 4.39. The Balaban J connectivity index is 1.35. The van der Waals surface area contributed by atoms with Crippen molar-refractivity contribution in [2.75, 3.05) is 29.9 Å². The number of anilines is 2. The van der Waals surface area contributed by atoms with Crippen LogP contribution in [0.25, 0.3) is 0 Å². The van der Waals surface area contributed by atoms with Gasteiger partial charge in [-0.05, 0) is 55.0 Å². The summed E-state index contributed by atoms with van der Waals surface area (Å²) in [6.07, 6.45) is 2.19. The number of nitrogens with zero attached hydrogens (tertiary/aromatic N) is 2. The number of para-hydroxylation sites is 2. The third-order valence-electron chi connectivity index (χ3n) is 6.50. The monoisotopic (exact) mass is 435 g/mol. The Morgan fingerprint density at radius 1 is 1.06 bits per heavy atom. The molecule has 32 heavy (non-hydrogen) atoms. The molecule has 0 aliphatic carbocycles. The summed E-state index contributed by atoms with van der Waals surface area (Å²) in [4.78, 5) is 29.8. The predicted molar refractivity (Wildman–Crippen MR) is 127 cm³/mol. The molecule has 2 heterocycles. The second-order valence-corrected chi connectivity index (χ2v) is 9.04. The van der Waals surface area contributed by atoms with Gasteiger partial charge in [0.05, 0.1) is 12.2 Å². The van der Waals surface area contributed by atoms with E-state index in [0.29, 0.717) is 38.4 Å². The van der Waals surface area contributed by atoms with E-state index in [1.54, 1.807) is 0 Å². The summed E-state index contributed by atoms with van der Waals surface area (Å²) in [5.74, 6) is 1.19. The second kappa shape index (κ2) is 9.63. The van der Waals surface area contributed by atoms with Crippen LogP contribution in [-0.2, 0) is 4.79 Å². The van der Waals surface area contributed by atoms with Crippen LogP contribution < -0.4 is 15.0 Å². The van der Waals surface area contributed by atoms with E-state index < -0.39 is 0 Å². The highest BCUT2D eigenvalue weighted by Crippen LogP contribution is 2.35. The Morgan fingerprint density at radius 2 is 1.75 bits per heavy atom. The molecular weight excluding hydrogens is 402 g/mol. The van der Waals surface area contributed by atoms with Gasteiger partial charge in [-0.25, -0.2) is 4.79 Å². The largest absolute Gasteiger partial charge is 0.486 e. The molecule has 2 aliphatic heterocycles. The molecule has 2 aromatic carbocycles. The lowest BCUT2D eigenvalue weighted by molar-refractivity contribution is -0.121. The number of urea groups is 1. The number of piperidine rings is 1. The first-order valence-electron chi connectivity index (χ1n) is 11.7. The summed E-state index contributed by atoms with van der Waals surface area (Å²) < 4.78 is 6.01. The van der Waals surface area contributed by atoms with Gasteiger partial charge < -0.3 is 15.0 Å². The number of benzene rings is 2. The predicted octanol–water partition coefficient (Wildman–Crippen LogP) is 5.26. The SMILES string of the molecule is CCC1CN(C(=O)N2CCC(C(=O)Nc3ccc(C(C)C)cc3)CC2)c2ccccc2O1. The molecule has 0 bridgehead atoms. The molecule has 1 N–H and O–H groups in total. The molecule has 3 amide bonds. The van der Waals surface area contributed by atoms with Gasteiger partial charge in [0.25, 0.3) is 0 Å². The normalized spacial score (nSPS) is 18.8. The molecular formula is C26H33N3O3. The van der Waals surface area contributed by atoms with Crippen molar-refractivity contribution < 1.29 is 14.3 Å². The van der Waals surface area contributed by atoms with Crippen molar-refractivity contribution in [3.63, 3.8) is 0 Å². The topological polar surface area (TPSA) is 61.9 Å². The van der Waals surface area contributed by atoms with Crippen molar-refractivity contribution >= 4 is 23.3 Å². The Morgan fingerprint density at radius 3 is 2.41 bits per heavy atom. The molecule has 0 spiro atoms. The fraction of sp³-hybridized carbons (Fsp3) is 0.462. The zero-order valence-corrected chi connectivity index (χ0v) is 19.2. The lowest BCUT2D eigenvalue weighted by atomic mass is 9.95. The Hall–Kier alpha value is -3.02. The van der Waals surface area contributed by atoms with Gasteiger partial charge >= 0.3 is 6.03 Å². The molecule has 170 valence electrons. The number of carbonyl (C=O) groups excluding carboxylic acids is 2. The van der Waals surface area contributed by atoms with E-state index >= 15 is 0 Å². The van der Waals surface area contributed by atoms with E-state index in [1.165, 1.54) is 5.56 Å². The number of hydrogen-bond donors (Lipinski definition) is 1. The van der Waals surface area contributed by atoms with Crippen LogP contribution in [0, 0.1) is 5.92 Å². The van der Waals surface area contributed by atoms with Gasteiger partial charge in [-0.2, -0.15) is 0 Å². The molecule has 0 radical (unpaired) electrons. The van der Waals surface area contributed by atoms with Crippen LogP contribution in [0.1, 0.15) is 51.5 Å². The van der Waals surface area contributed by atoms with Crippen LogP contribution in [0.5, 0.6) is 5.75 Å². The van der Waals surface area contributed by atoms with Crippen molar-refractivity contribution in [1.29, 1.82) is 0 Å². The summed E-state index contributed by atoms with van der Waals surface area (Å²) in [5.41, 5.74) is 2.91. The summed E-state index contributed by atoms with van der Waals surface area (Å²) in [5, 5.41) is 3.04. The van der Waals surface area contributed by atoms with Crippen LogP contribution in [0.2, 0.25) is 0 Å². The number of likely N-dealkylation sites (tertiary alicyclic amines) is 1. The van der Waals surface area contributed by atoms with Gasteiger partial charge in [0.15, 0.2) is 0 Å². The fourth-order valence-electron chi connectivity index (χ4n) is 4.39. The number of hydrogen-bond acceptors (Lipinski definition) is 3. The van der Waals surface area contributed by atoms with Gasteiger partial charge in [-0.1, -0.05) is 45.0 Å². The highest BCUT2D eigenvalue weighted by molar-refractivity contribution is 5.95. The number of fused-ring (bicyclic) bond motifs is 1. The summed E-state index contributed by atoms with van der Waals surface area (Å²) >= 11 is 0. The van der Waals surface area contributed by atoms with Gasteiger partial charge in [0, 0.05) is 24.7 Å². The number of rotatable bonds is 4. The smallest absolute Gasteiger partial charge is 0.324 e. The molecule has 6 nitrogen and oxygen atoms in total. The van der Waals surface area contributed by atoms with Crippen molar-refractivity contribution in [1.82, 2.24) is 4.90 Å². The van der Waals surface area contributed by atoms with Gasteiger partial charge in [-0.3, -0.25) is 9.69 Å². The zero-order valence-electron chi connectivity index (χ0n) is 19.2. The third-order valence-corrected chi connectivity index (χ3v) is 6.50. The number of ether oxygens (including phenoxy) is 1. The first-order chi connectivity index (χ1) is 15.5. The van der Waals surface area contributed by atoms with Crippen LogP contribution in [-0.4, -0.2) is 42.6 Å². The number of carbonyl (C=O) groups is 2. The molecule has 0 aromatic heterocycles. The molecule has 1 fully saturated rings. The van der Waals surface area contributed by atoms with Crippen molar-refractivity contribution in [2.24, 2.45) is 5.92 Å². The van der Waals surface area contributed by atoms with E-state index in [4.69, 9.17) is 4.74 Å². The molecule has 1 saturated heterocycles. The van der Waals surface area contributed by atoms with E-state index in [1.807, 2.05) is 46.2 Å². The molecule has 4 rings (SSSR count). The van der Waals surface area contributed by atoms with Gasteiger partial charge in [0.2, 0.25) is 5.91 Å². The van der Waals surface area contributed by atoms with E-state index in [9.17, 15) is 9.59 Å². The minimum Gasteiger partial charge on any atom is -0.486 e. The highest BCUT2D eigenvalue weighted by atomic mass is 16.5. The Labute approximate surface area is 190 Å². The molecule has 0 saturated carbocycles. The molecule has 1 unspecified atom stereocenters. The van der Waals surface area contributed by atoms with Crippen LogP contribution in [0.3, 0.4) is 0 Å². The third kappa shape index (κ3) is 4.74. The maximum Gasteiger partial charge on any atom is 0.324 e. The van der Waals surface area contributed by atoms with E-state index in [2.05, 4.69) is 38.2 Å². The second-order valence-electron chi connectivity index (χ2n) is 9.04. The molecule has 6 heteroatoms. The summed E-state index contributed by atoms with van der Waals surface area (Å²) in [7, 11) is 0. The summed E-state index contributed by atoms with van der Waals surface area (Å²) in [6, 6.07) is 15.8. The van der Waals surface area contributed by atoms with E-state index in [0.717, 1.165) is 23.5 Å². The molecule has 1 atom stereocenters. The Kier molecular flexibility index (Phi) is 6.68. The maximum atomic E-state index is 13.3. The van der Waals surface area contributed by atoms with E-state index in [-0.39, 0.29) is 24.0 Å². The van der Waals surface area contributed by atoms with Crippen LogP contribution in [0.4, 0.5) is 16.2 Å². The highest BCUT2D eigenvalue weighted by Gasteiger charge is 2.34. The lowest BCUT2D eigenvalue weighted by Crippen LogP contribution is -2.52. The van der Waals surface area contributed by atoms with Crippen molar-refractivity contribution in [3.05, 3.63) is 54.1 Å². The van der Waals surface area contributed by atoms with Crippen LogP contribution >= 0.6 is 0 Å². The average Bonchev–Trinajstić information content (AvgIpc) is 2.83. The first kappa shape index (κ1) is 22.2. The molecule has 2 aromatic rings. The van der Waals surface area contributed by atoms with Gasteiger partial charge in [0.1, 0.15) is 11.9 Å². The zero-order chi connectivity index (χ0) is 22.7. The van der Waals surface area contributed by atoms with Crippen LogP contribution in [0.15, 0.2) is 48.5 Å². The minimum atomic E-state index is -0.0795. The number of nitrogens with one attached hydrogen (secondary N) is 1. The van der Waals surface area contributed by atoms with Crippen molar-refractivity contribution in [3.8, 4) is 5.75 Å². The standard InChI is InChI=1S/C26H33N3O3/c1-4-22-17-29(23-7-5-6-8-24(23)32-22)26(31)28-15-13-20(14-16-28)25(30)27-21-11-9-19(10-12-21)18(2)3/h5-12,18,20,22H,4,13-17H2,1-3H3,(H,27,30). The maximum absolute atomic E-state index is 13.3. The summed E-state index contributed by atoms with van der Waals surface area (Å²) in [6.45, 7) is 8.10.